The van der Waals surface area contributed by atoms with Crippen LogP contribution in [0, 0.1) is 13.8 Å². The molecule has 1 aromatic rings. The second kappa shape index (κ2) is 7.54. The molecule has 0 spiro atoms. The monoisotopic (exact) mass is 338 g/mol. The molecule has 0 saturated carbocycles. The van der Waals surface area contributed by atoms with Gasteiger partial charge in [-0.05, 0) is 56.7 Å². The van der Waals surface area contributed by atoms with Crippen LogP contribution in [0.15, 0.2) is 18.2 Å². The van der Waals surface area contributed by atoms with Crippen molar-refractivity contribution in [1.29, 1.82) is 0 Å². The third-order valence-electron chi connectivity index (χ3n) is 5.08. The number of hydrogen-bond donors (Lipinski definition) is 1. The third-order valence-corrected chi connectivity index (χ3v) is 5.08. The van der Waals surface area contributed by atoms with Crippen molar-refractivity contribution in [1.82, 2.24) is 10.2 Å². The Morgan fingerprint density at radius 3 is 2.57 bits per heavy atom. The number of halogens is 1. The van der Waals surface area contributed by atoms with Gasteiger partial charge in [-0.1, -0.05) is 12.1 Å². The first-order chi connectivity index (χ1) is 10.5. The molecule has 2 atom stereocenters. The fourth-order valence-electron chi connectivity index (χ4n) is 3.65. The SMILES string of the molecule is Cc1ccc(C)c(OCC(=O)N(C)C2CC3CCC(C2)N3)c1.Cl. The van der Waals surface area contributed by atoms with Crippen molar-refractivity contribution >= 4 is 18.3 Å². The topological polar surface area (TPSA) is 41.6 Å². The lowest BCUT2D eigenvalue weighted by atomic mass is 9.98. The molecule has 2 aliphatic rings. The van der Waals surface area contributed by atoms with E-state index in [2.05, 4.69) is 11.4 Å². The first-order valence-electron chi connectivity index (χ1n) is 8.24. The number of likely N-dealkylation sites (N-methyl/N-ethyl adjacent to an activating group) is 1. The Kier molecular flexibility index (Phi) is 5.93. The number of aryl methyl sites for hydroxylation is 2. The predicted octanol–water partition coefficient (Wildman–Crippen LogP) is 2.85. The molecular formula is C18H27ClN2O2. The van der Waals surface area contributed by atoms with Gasteiger partial charge in [0.05, 0.1) is 0 Å². The minimum Gasteiger partial charge on any atom is -0.483 e. The number of piperidine rings is 1. The molecule has 2 saturated heterocycles. The van der Waals surface area contributed by atoms with Gasteiger partial charge in [0.1, 0.15) is 5.75 Å². The average Bonchev–Trinajstić information content (AvgIpc) is 2.85. The molecule has 1 aromatic carbocycles. The van der Waals surface area contributed by atoms with Crippen LogP contribution in [-0.4, -0.2) is 42.6 Å². The highest BCUT2D eigenvalue weighted by Gasteiger charge is 2.36. The molecule has 5 heteroatoms. The van der Waals surface area contributed by atoms with Gasteiger partial charge in [0.25, 0.3) is 5.91 Å². The first-order valence-corrected chi connectivity index (χ1v) is 8.24. The Hall–Kier alpha value is -1.26. The summed E-state index contributed by atoms with van der Waals surface area (Å²) in [6, 6.07) is 7.63. The van der Waals surface area contributed by atoms with Gasteiger partial charge in [-0.15, -0.1) is 12.4 Å². The van der Waals surface area contributed by atoms with Gasteiger partial charge in [0, 0.05) is 25.2 Å². The Bertz CT molecular complexity index is 552. The number of hydrogen-bond acceptors (Lipinski definition) is 3. The van der Waals surface area contributed by atoms with E-state index in [0.717, 1.165) is 29.7 Å². The molecule has 1 N–H and O–H groups in total. The Morgan fingerprint density at radius 1 is 1.26 bits per heavy atom. The van der Waals surface area contributed by atoms with Gasteiger partial charge in [-0.2, -0.15) is 0 Å². The van der Waals surface area contributed by atoms with Crippen molar-refractivity contribution < 1.29 is 9.53 Å². The maximum Gasteiger partial charge on any atom is 0.260 e. The van der Waals surface area contributed by atoms with Crippen molar-refractivity contribution in [2.24, 2.45) is 0 Å². The lowest BCUT2D eigenvalue weighted by Crippen LogP contribution is -2.49. The molecule has 2 bridgehead atoms. The van der Waals surface area contributed by atoms with E-state index in [0.29, 0.717) is 18.1 Å². The van der Waals surface area contributed by atoms with E-state index in [1.165, 1.54) is 12.8 Å². The predicted molar refractivity (Wildman–Crippen MR) is 94.4 cm³/mol. The van der Waals surface area contributed by atoms with E-state index in [1.54, 1.807) is 0 Å². The van der Waals surface area contributed by atoms with Crippen LogP contribution >= 0.6 is 12.4 Å². The molecule has 0 aromatic heterocycles. The van der Waals surface area contributed by atoms with Crippen molar-refractivity contribution in [3.63, 3.8) is 0 Å². The lowest BCUT2D eigenvalue weighted by Gasteiger charge is -2.35. The zero-order valence-electron chi connectivity index (χ0n) is 14.2. The van der Waals surface area contributed by atoms with Gasteiger partial charge >= 0.3 is 0 Å². The fraction of sp³-hybridized carbons (Fsp3) is 0.611. The van der Waals surface area contributed by atoms with Gasteiger partial charge in [0.15, 0.2) is 6.61 Å². The largest absolute Gasteiger partial charge is 0.483 e. The first kappa shape index (κ1) is 18.1. The molecule has 2 heterocycles. The highest BCUT2D eigenvalue weighted by atomic mass is 35.5. The van der Waals surface area contributed by atoms with Crippen LogP contribution in [0.25, 0.3) is 0 Å². The van der Waals surface area contributed by atoms with Gasteiger partial charge in [-0.25, -0.2) is 0 Å². The van der Waals surface area contributed by atoms with Crippen LogP contribution in [-0.2, 0) is 4.79 Å². The molecule has 3 rings (SSSR count). The summed E-state index contributed by atoms with van der Waals surface area (Å²) >= 11 is 0. The lowest BCUT2D eigenvalue weighted by molar-refractivity contribution is -0.134. The number of amides is 1. The molecule has 1 amide bonds. The summed E-state index contributed by atoms with van der Waals surface area (Å²) in [4.78, 5) is 14.3. The molecule has 128 valence electrons. The van der Waals surface area contributed by atoms with E-state index in [-0.39, 0.29) is 24.9 Å². The maximum atomic E-state index is 12.4. The smallest absolute Gasteiger partial charge is 0.260 e. The van der Waals surface area contributed by atoms with Crippen molar-refractivity contribution in [2.45, 2.75) is 57.7 Å². The molecule has 4 nitrogen and oxygen atoms in total. The van der Waals surface area contributed by atoms with Crippen LogP contribution in [0.2, 0.25) is 0 Å². The van der Waals surface area contributed by atoms with E-state index < -0.39 is 0 Å². The van der Waals surface area contributed by atoms with Crippen molar-refractivity contribution in [3.8, 4) is 5.75 Å². The third kappa shape index (κ3) is 4.18. The highest BCUT2D eigenvalue weighted by molar-refractivity contribution is 5.85. The fourth-order valence-corrected chi connectivity index (χ4v) is 3.65. The quantitative estimate of drug-likeness (QED) is 0.917. The van der Waals surface area contributed by atoms with Gasteiger partial charge in [0.2, 0.25) is 0 Å². The molecule has 2 fully saturated rings. The molecular weight excluding hydrogens is 312 g/mol. The maximum absolute atomic E-state index is 12.4. The number of nitrogens with one attached hydrogen (secondary N) is 1. The molecule has 2 aliphatic heterocycles. The summed E-state index contributed by atoms with van der Waals surface area (Å²) in [6.07, 6.45) is 4.65. The Morgan fingerprint density at radius 2 is 1.91 bits per heavy atom. The van der Waals surface area contributed by atoms with E-state index in [9.17, 15) is 4.79 Å². The van der Waals surface area contributed by atoms with Gasteiger partial charge in [-0.3, -0.25) is 4.79 Å². The summed E-state index contributed by atoms with van der Waals surface area (Å²) in [5.41, 5.74) is 2.22. The van der Waals surface area contributed by atoms with E-state index in [4.69, 9.17) is 4.74 Å². The minimum absolute atomic E-state index is 0. The Labute approximate surface area is 145 Å². The standard InChI is InChI=1S/C18H26N2O2.ClH/c1-12-4-5-13(2)17(8-12)22-11-18(21)20(3)16-9-14-6-7-15(10-16)19-14;/h4-5,8,14-16,19H,6-7,9-11H2,1-3H3;1H. The molecule has 0 radical (unpaired) electrons. The number of benzene rings is 1. The number of carbonyl (C=O) groups is 1. The highest BCUT2D eigenvalue weighted by Crippen LogP contribution is 2.29. The number of ether oxygens (including phenoxy) is 1. The number of rotatable bonds is 4. The average molecular weight is 339 g/mol. The molecule has 2 unspecified atom stereocenters. The van der Waals surface area contributed by atoms with Crippen LogP contribution in [0.1, 0.15) is 36.8 Å². The van der Waals surface area contributed by atoms with Crippen LogP contribution in [0.5, 0.6) is 5.75 Å². The zero-order valence-corrected chi connectivity index (χ0v) is 15.0. The second-order valence-corrected chi connectivity index (χ2v) is 6.83. The van der Waals surface area contributed by atoms with Crippen molar-refractivity contribution in [2.75, 3.05) is 13.7 Å². The van der Waals surface area contributed by atoms with Crippen molar-refractivity contribution in [3.05, 3.63) is 29.3 Å². The zero-order chi connectivity index (χ0) is 15.7. The number of fused-ring (bicyclic) bond motifs is 2. The van der Waals surface area contributed by atoms with E-state index in [1.807, 2.05) is 37.9 Å². The summed E-state index contributed by atoms with van der Waals surface area (Å²) in [7, 11) is 1.92. The van der Waals surface area contributed by atoms with Crippen LogP contribution < -0.4 is 10.1 Å². The number of nitrogens with zero attached hydrogens (tertiary/aromatic N) is 1. The normalized spacial score (nSPS) is 25.6. The summed E-state index contributed by atoms with van der Waals surface area (Å²) in [5.74, 6) is 0.888. The summed E-state index contributed by atoms with van der Waals surface area (Å²) in [6.45, 7) is 4.17. The van der Waals surface area contributed by atoms with E-state index >= 15 is 0 Å². The van der Waals surface area contributed by atoms with Gasteiger partial charge < -0.3 is 15.0 Å². The second-order valence-electron chi connectivity index (χ2n) is 6.83. The molecule has 0 aliphatic carbocycles. The van der Waals surface area contributed by atoms with Crippen LogP contribution in [0.3, 0.4) is 0 Å². The Balaban J connectivity index is 0.00000192. The minimum atomic E-state index is 0. The van der Waals surface area contributed by atoms with Crippen LogP contribution in [0.4, 0.5) is 0 Å². The summed E-state index contributed by atoms with van der Waals surface area (Å²) in [5, 5.41) is 3.62. The number of carbonyl (C=O) groups excluding carboxylic acids is 1. The molecule has 23 heavy (non-hydrogen) atoms. The summed E-state index contributed by atoms with van der Waals surface area (Å²) < 4.78 is 5.75.